The van der Waals surface area contributed by atoms with Gasteiger partial charge in [-0.3, -0.25) is 4.79 Å². The molecule has 0 aliphatic heterocycles. The minimum atomic E-state index is -4.49. The lowest BCUT2D eigenvalue weighted by Crippen LogP contribution is -2.57. The number of urea groups is 1. The monoisotopic (exact) mass is 555 g/mol. The fraction of sp³-hybridized carbons (Fsp3) is 0.414. The van der Waals surface area contributed by atoms with E-state index in [9.17, 15) is 22.8 Å². The van der Waals surface area contributed by atoms with E-state index in [4.69, 9.17) is 9.72 Å². The van der Waals surface area contributed by atoms with Crippen LogP contribution in [0.4, 0.5) is 29.3 Å². The normalized spacial score (nSPS) is 27.3. The SMILES string of the molecule is COC(=O)C12CC3CC(C1)CC(c1ncc(-c4ccc(NC(=O)Nc5cccc(C(F)(F)F)c5)cc4)s1)(C3)C2. The largest absolute Gasteiger partial charge is 0.469 e. The molecular formula is C29H28F3N3O3S. The van der Waals surface area contributed by atoms with E-state index < -0.39 is 17.8 Å². The Bertz CT molecular complexity index is 1400. The molecule has 2 N–H and O–H groups in total. The van der Waals surface area contributed by atoms with Crippen LogP contribution in [0.1, 0.15) is 49.1 Å². The predicted octanol–water partition coefficient (Wildman–Crippen LogP) is 7.48. The number of anilines is 2. The van der Waals surface area contributed by atoms with Crippen LogP contribution in [0.3, 0.4) is 0 Å². The summed E-state index contributed by atoms with van der Waals surface area (Å²) in [5, 5.41) is 6.18. The summed E-state index contributed by atoms with van der Waals surface area (Å²) in [6, 6.07) is 11.1. The smallest absolute Gasteiger partial charge is 0.416 e. The van der Waals surface area contributed by atoms with Gasteiger partial charge in [-0.1, -0.05) is 18.2 Å². The molecule has 2 atom stereocenters. The minimum Gasteiger partial charge on any atom is -0.469 e. The van der Waals surface area contributed by atoms with Crippen molar-refractivity contribution >= 4 is 34.7 Å². The van der Waals surface area contributed by atoms with Crippen molar-refractivity contribution in [1.29, 1.82) is 0 Å². The number of hydrogen-bond donors (Lipinski definition) is 2. The highest BCUT2D eigenvalue weighted by Crippen LogP contribution is 2.66. The van der Waals surface area contributed by atoms with Gasteiger partial charge in [-0.15, -0.1) is 11.3 Å². The summed E-state index contributed by atoms with van der Waals surface area (Å²) >= 11 is 1.66. The number of aromatic nitrogens is 1. The molecule has 0 radical (unpaired) electrons. The Labute approximate surface area is 228 Å². The van der Waals surface area contributed by atoms with Crippen LogP contribution in [-0.4, -0.2) is 24.1 Å². The number of esters is 1. The maximum absolute atomic E-state index is 12.9. The summed E-state index contributed by atoms with van der Waals surface area (Å²) in [6.45, 7) is 0. The molecule has 204 valence electrons. The van der Waals surface area contributed by atoms with Crippen molar-refractivity contribution < 1.29 is 27.5 Å². The molecule has 4 fully saturated rings. The number of nitrogens with zero attached hydrogens (tertiary/aromatic N) is 1. The van der Waals surface area contributed by atoms with E-state index in [0.717, 1.165) is 59.7 Å². The Morgan fingerprint density at radius 1 is 1.00 bits per heavy atom. The Balaban J connectivity index is 1.14. The fourth-order valence-electron chi connectivity index (χ4n) is 7.41. The Kier molecular flexibility index (Phi) is 6.21. The third-order valence-corrected chi connectivity index (χ3v) is 9.81. The Hall–Kier alpha value is -3.40. The van der Waals surface area contributed by atoms with E-state index in [0.29, 0.717) is 17.5 Å². The highest BCUT2D eigenvalue weighted by molar-refractivity contribution is 7.15. The number of alkyl halides is 3. The van der Waals surface area contributed by atoms with Crippen LogP contribution in [0, 0.1) is 17.3 Å². The molecule has 1 heterocycles. The van der Waals surface area contributed by atoms with Gasteiger partial charge in [-0.25, -0.2) is 9.78 Å². The first kappa shape index (κ1) is 25.9. The molecule has 4 saturated carbocycles. The van der Waals surface area contributed by atoms with Crippen LogP contribution in [0.15, 0.2) is 54.7 Å². The van der Waals surface area contributed by atoms with E-state index in [2.05, 4.69) is 10.6 Å². The highest BCUT2D eigenvalue weighted by Gasteiger charge is 2.62. The van der Waals surface area contributed by atoms with E-state index in [1.165, 1.54) is 25.7 Å². The predicted molar refractivity (Wildman–Crippen MR) is 142 cm³/mol. The summed E-state index contributed by atoms with van der Waals surface area (Å²) in [5.74, 6) is 0.994. The molecule has 0 saturated heterocycles. The van der Waals surface area contributed by atoms with Gasteiger partial charge in [0.2, 0.25) is 0 Å². The molecule has 39 heavy (non-hydrogen) atoms. The third kappa shape index (κ3) is 4.79. The van der Waals surface area contributed by atoms with Crippen LogP contribution >= 0.6 is 11.3 Å². The fourth-order valence-corrected chi connectivity index (χ4v) is 8.53. The third-order valence-electron chi connectivity index (χ3n) is 8.51. The van der Waals surface area contributed by atoms with Gasteiger partial charge >= 0.3 is 18.2 Å². The summed E-state index contributed by atoms with van der Waals surface area (Å²) in [4.78, 5) is 31.0. The van der Waals surface area contributed by atoms with E-state index in [-0.39, 0.29) is 22.5 Å². The zero-order chi connectivity index (χ0) is 27.4. The van der Waals surface area contributed by atoms with E-state index >= 15 is 0 Å². The van der Waals surface area contributed by atoms with Crippen LogP contribution < -0.4 is 10.6 Å². The van der Waals surface area contributed by atoms with Crippen molar-refractivity contribution in [3.8, 4) is 10.4 Å². The Morgan fingerprint density at radius 2 is 1.69 bits per heavy atom. The number of nitrogens with one attached hydrogen (secondary N) is 2. The zero-order valence-electron chi connectivity index (χ0n) is 21.3. The van der Waals surface area contributed by atoms with Gasteiger partial charge in [0.15, 0.2) is 0 Å². The van der Waals surface area contributed by atoms with Gasteiger partial charge in [0.05, 0.1) is 28.0 Å². The topological polar surface area (TPSA) is 80.3 Å². The number of methoxy groups -OCH3 is 1. The average molecular weight is 556 g/mol. The number of ether oxygens (including phenoxy) is 1. The van der Waals surface area contributed by atoms with Crippen molar-refractivity contribution in [1.82, 2.24) is 4.98 Å². The number of hydrogen-bond acceptors (Lipinski definition) is 5. The number of carbonyl (C=O) groups excluding carboxylic acids is 2. The quantitative estimate of drug-likeness (QED) is 0.320. The second-order valence-corrected chi connectivity index (χ2v) is 12.3. The molecule has 2 unspecified atom stereocenters. The standard InChI is InChI=1S/C29H28F3N3O3S/c1-38-25(36)28-13-17-9-18(14-28)12-27(11-17,16-28)24-33-15-23(39-24)19-5-7-21(8-6-19)34-26(37)35-22-4-2-3-20(10-22)29(30,31)32/h2-8,10,15,17-18H,9,11-14,16H2,1H3,(H2,34,35,37). The van der Waals surface area contributed by atoms with Crippen LogP contribution in [0.25, 0.3) is 10.4 Å². The number of amides is 2. The highest BCUT2D eigenvalue weighted by atomic mass is 32.1. The van der Waals surface area contributed by atoms with Gasteiger partial charge < -0.3 is 15.4 Å². The summed E-state index contributed by atoms with van der Waals surface area (Å²) in [7, 11) is 1.49. The van der Waals surface area contributed by atoms with Gasteiger partial charge in [-0.2, -0.15) is 13.2 Å². The first-order chi connectivity index (χ1) is 18.6. The van der Waals surface area contributed by atoms with Crippen molar-refractivity contribution in [3.63, 3.8) is 0 Å². The first-order valence-electron chi connectivity index (χ1n) is 13.0. The van der Waals surface area contributed by atoms with Crippen molar-refractivity contribution in [3.05, 3.63) is 65.3 Å². The lowest BCUT2D eigenvalue weighted by atomic mass is 9.44. The summed E-state index contributed by atoms with van der Waals surface area (Å²) < 4.78 is 44.0. The molecular weight excluding hydrogens is 527 g/mol. The maximum Gasteiger partial charge on any atom is 0.416 e. The van der Waals surface area contributed by atoms with Crippen molar-refractivity contribution in [2.24, 2.45) is 17.3 Å². The molecule has 4 aliphatic rings. The van der Waals surface area contributed by atoms with E-state index in [1.807, 2.05) is 18.3 Å². The molecule has 7 rings (SSSR count). The van der Waals surface area contributed by atoms with Gasteiger partial charge in [0.25, 0.3) is 0 Å². The zero-order valence-corrected chi connectivity index (χ0v) is 22.1. The molecule has 1 aromatic heterocycles. The van der Waals surface area contributed by atoms with Crippen molar-refractivity contribution in [2.75, 3.05) is 17.7 Å². The molecule has 4 aliphatic carbocycles. The van der Waals surface area contributed by atoms with Crippen molar-refractivity contribution in [2.45, 2.75) is 50.1 Å². The lowest BCUT2D eigenvalue weighted by Gasteiger charge is -2.60. The molecule has 6 nitrogen and oxygen atoms in total. The molecule has 0 spiro atoms. The first-order valence-corrected chi connectivity index (χ1v) is 13.8. The molecule has 10 heteroatoms. The van der Waals surface area contributed by atoms with E-state index in [1.54, 1.807) is 23.5 Å². The molecule has 2 amide bonds. The van der Waals surface area contributed by atoms with Gasteiger partial charge in [-0.05, 0) is 86.3 Å². The molecule has 2 aromatic carbocycles. The number of carbonyl (C=O) groups is 2. The van der Waals surface area contributed by atoms with Gasteiger partial charge in [0.1, 0.15) is 0 Å². The Morgan fingerprint density at radius 3 is 2.36 bits per heavy atom. The number of benzene rings is 2. The van der Waals surface area contributed by atoms with Crippen LogP contribution in [0.2, 0.25) is 0 Å². The number of thiazole rings is 1. The molecule has 3 aromatic rings. The molecule has 4 bridgehead atoms. The summed E-state index contributed by atoms with van der Waals surface area (Å²) in [6.07, 6.45) is 3.37. The average Bonchev–Trinajstić information content (AvgIpc) is 3.39. The van der Waals surface area contributed by atoms with Crippen LogP contribution in [-0.2, 0) is 21.1 Å². The minimum absolute atomic E-state index is 0.0507. The number of halogens is 3. The maximum atomic E-state index is 12.9. The number of rotatable bonds is 5. The lowest BCUT2D eigenvalue weighted by molar-refractivity contribution is -0.171. The second kappa shape index (κ2) is 9.36. The van der Waals surface area contributed by atoms with Crippen LogP contribution in [0.5, 0.6) is 0 Å². The second-order valence-electron chi connectivity index (χ2n) is 11.3. The van der Waals surface area contributed by atoms with Gasteiger partial charge in [0, 0.05) is 23.0 Å². The summed E-state index contributed by atoms with van der Waals surface area (Å²) in [5.41, 5.74) is 0.220.